The molecule has 0 spiro atoms. The van der Waals surface area contributed by atoms with Crippen LogP contribution in [0.5, 0.6) is 5.75 Å². The number of nitrogens with zero attached hydrogens (tertiary/aromatic N) is 2. The summed E-state index contributed by atoms with van der Waals surface area (Å²) >= 11 is 17.7. The highest BCUT2D eigenvalue weighted by molar-refractivity contribution is 6.42. The number of rotatable bonds is 2. The Balaban J connectivity index is 2.64. The molecule has 2 aromatic rings. The van der Waals surface area contributed by atoms with Crippen LogP contribution in [0.3, 0.4) is 0 Å². The molecule has 0 aliphatic rings. The van der Waals surface area contributed by atoms with Crippen molar-refractivity contribution in [3.63, 3.8) is 0 Å². The second-order valence-electron chi connectivity index (χ2n) is 3.15. The number of aromatic nitrogens is 2. The van der Waals surface area contributed by atoms with E-state index in [1.165, 1.54) is 6.07 Å². The molecule has 0 aliphatic heterocycles. The SMILES string of the molecule is COc1cccnc1-c1nc(Cl)c(Cl)cc1Cl. The van der Waals surface area contributed by atoms with Crippen LogP contribution in [0.4, 0.5) is 0 Å². The third-order valence-corrected chi connectivity index (χ3v) is 3.06. The van der Waals surface area contributed by atoms with E-state index < -0.39 is 0 Å². The van der Waals surface area contributed by atoms with E-state index in [4.69, 9.17) is 39.5 Å². The molecule has 6 heteroatoms. The maximum atomic E-state index is 6.06. The lowest BCUT2D eigenvalue weighted by molar-refractivity contribution is 0.414. The second kappa shape index (κ2) is 5.08. The number of ether oxygens (including phenoxy) is 1. The lowest BCUT2D eigenvalue weighted by Gasteiger charge is -2.08. The first-order valence-corrected chi connectivity index (χ1v) is 5.77. The van der Waals surface area contributed by atoms with Crippen LogP contribution in [0.25, 0.3) is 11.4 Å². The summed E-state index contributed by atoms with van der Waals surface area (Å²) < 4.78 is 5.19. The van der Waals surface area contributed by atoms with Crippen molar-refractivity contribution in [3.05, 3.63) is 39.6 Å². The van der Waals surface area contributed by atoms with E-state index in [1.807, 2.05) is 0 Å². The number of hydrogen-bond acceptors (Lipinski definition) is 3. The minimum absolute atomic E-state index is 0.179. The van der Waals surface area contributed by atoms with Crippen LogP contribution in [0.1, 0.15) is 0 Å². The van der Waals surface area contributed by atoms with Crippen molar-refractivity contribution in [3.8, 4) is 17.1 Å². The van der Waals surface area contributed by atoms with Gasteiger partial charge in [0.25, 0.3) is 0 Å². The molecule has 0 unspecified atom stereocenters. The second-order valence-corrected chi connectivity index (χ2v) is 4.32. The monoisotopic (exact) mass is 288 g/mol. The maximum Gasteiger partial charge on any atom is 0.148 e. The van der Waals surface area contributed by atoms with E-state index in [2.05, 4.69) is 9.97 Å². The molecule has 3 nitrogen and oxygen atoms in total. The molecule has 2 aromatic heterocycles. The van der Waals surface area contributed by atoms with Crippen molar-refractivity contribution in [2.45, 2.75) is 0 Å². The molecule has 0 bridgehead atoms. The van der Waals surface area contributed by atoms with E-state index in [0.29, 0.717) is 27.2 Å². The lowest BCUT2D eigenvalue weighted by atomic mass is 10.2. The fourth-order valence-electron chi connectivity index (χ4n) is 1.34. The van der Waals surface area contributed by atoms with Crippen LogP contribution in [0.2, 0.25) is 15.2 Å². The van der Waals surface area contributed by atoms with Gasteiger partial charge < -0.3 is 4.74 Å². The van der Waals surface area contributed by atoms with Gasteiger partial charge in [0.2, 0.25) is 0 Å². The van der Waals surface area contributed by atoms with Crippen molar-refractivity contribution in [1.29, 1.82) is 0 Å². The average molecular weight is 290 g/mol. The Morgan fingerprint density at radius 2 is 1.88 bits per heavy atom. The molecule has 0 aromatic carbocycles. The van der Waals surface area contributed by atoms with E-state index >= 15 is 0 Å². The molecule has 0 radical (unpaired) electrons. The summed E-state index contributed by atoms with van der Waals surface area (Å²) in [4.78, 5) is 8.29. The zero-order valence-corrected chi connectivity index (χ0v) is 11.0. The van der Waals surface area contributed by atoms with Crippen molar-refractivity contribution in [2.75, 3.05) is 7.11 Å². The summed E-state index contributed by atoms with van der Waals surface area (Å²) in [5.41, 5.74) is 0.970. The first-order valence-electron chi connectivity index (χ1n) is 4.64. The van der Waals surface area contributed by atoms with E-state index in [-0.39, 0.29) is 5.15 Å². The Morgan fingerprint density at radius 3 is 2.59 bits per heavy atom. The summed E-state index contributed by atoms with van der Waals surface area (Å²) in [7, 11) is 1.55. The van der Waals surface area contributed by atoms with Crippen molar-refractivity contribution >= 4 is 34.8 Å². The lowest BCUT2D eigenvalue weighted by Crippen LogP contribution is -1.94. The predicted octanol–water partition coefficient (Wildman–Crippen LogP) is 4.11. The first-order chi connectivity index (χ1) is 8.13. The van der Waals surface area contributed by atoms with Gasteiger partial charge in [-0.05, 0) is 18.2 Å². The zero-order valence-electron chi connectivity index (χ0n) is 8.75. The standard InChI is InChI=1S/C11H7Cl3N2O/c1-17-8-3-2-4-15-10(8)9-6(12)5-7(13)11(14)16-9/h2-5H,1H3. The number of methoxy groups -OCH3 is 1. The van der Waals surface area contributed by atoms with Gasteiger partial charge in [-0.1, -0.05) is 34.8 Å². The number of hydrogen-bond donors (Lipinski definition) is 0. The Kier molecular flexibility index (Phi) is 3.72. The minimum atomic E-state index is 0.179. The van der Waals surface area contributed by atoms with Gasteiger partial charge in [-0.15, -0.1) is 0 Å². The maximum absolute atomic E-state index is 6.06. The molecule has 0 atom stereocenters. The Hall–Kier alpha value is -1.03. The van der Waals surface area contributed by atoms with Gasteiger partial charge >= 0.3 is 0 Å². The molecule has 0 saturated carbocycles. The van der Waals surface area contributed by atoms with Crippen LogP contribution >= 0.6 is 34.8 Å². The van der Waals surface area contributed by atoms with E-state index in [1.54, 1.807) is 25.4 Å². The average Bonchev–Trinajstić information content (AvgIpc) is 2.34. The molecule has 0 aliphatic carbocycles. The van der Waals surface area contributed by atoms with Crippen LogP contribution in [-0.2, 0) is 0 Å². The van der Waals surface area contributed by atoms with Gasteiger partial charge in [0.05, 0.1) is 17.2 Å². The highest BCUT2D eigenvalue weighted by Gasteiger charge is 2.14. The first kappa shape index (κ1) is 12.4. The summed E-state index contributed by atoms with van der Waals surface area (Å²) in [5, 5.41) is 0.852. The van der Waals surface area contributed by atoms with Crippen LogP contribution < -0.4 is 4.74 Å². The summed E-state index contributed by atoms with van der Waals surface area (Å²) in [6.07, 6.45) is 1.62. The number of halogens is 3. The van der Waals surface area contributed by atoms with Gasteiger partial charge in [0, 0.05) is 6.20 Å². The molecular formula is C11H7Cl3N2O. The Morgan fingerprint density at radius 1 is 1.12 bits per heavy atom. The van der Waals surface area contributed by atoms with Crippen LogP contribution in [0, 0.1) is 0 Å². The van der Waals surface area contributed by atoms with Crippen molar-refractivity contribution < 1.29 is 4.74 Å². The molecule has 2 rings (SSSR count). The van der Waals surface area contributed by atoms with Gasteiger partial charge in [-0.25, -0.2) is 4.98 Å². The van der Waals surface area contributed by atoms with Crippen LogP contribution in [-0.4, -0.2) is 17.1 Å². The van der Waals surface area contributed by atoms with Gasteiger partial charge in [0.15, 0.2) is 0 Å². The third-order valence-electron chi connectivity index (χ3n) is 2.10. The van der Waals surface area contributed by atoms with Crippen molar-refractivity contribution in [2.24, 2.45) is 0 Å². The van der Waals surface area contributed by atoms with E-state index in [0.717, 1.165) is 0 Å². The highest BCUT2D eigenvalue weighted by atomic mass is 35.5. The Labute approximate surface area is 113 Å². The zero-order chi connectivity index (χ0) is 12.4. The number of pyridine rings is 2. The van der Waals surface area contributed by atoms with Crippen LogP contribution in [0.15, 0.2) is 24.4 Å². The topological polar surface area (TPSA) is 35.0 Å². The highest BCUT2D eigenvalue weighted by Crippen LogP contribution is 2.35. The molecule has 88 valence electrons. The molecule has 0 N–H and O–H groups in total. The normalized spacial score (nSPS) is 10.4. The third kappa shape index (κ3) is 2.46. The van der Waals surface area contributed by atoms with E-state index in [9.17, 15) is 0 Å². The summed E-state index contributed by atoms with van der Waals surface area (Å²) in [6, 6.07) is 5.05. The quantitative estimate of drug-likeness (QED) is 0.780. The molecular weight excluding hydrogens is 282 g/mol. The van der Waals surface area contributed by atoms with Crippen molar-refractivity contribution in [1.82, 2.24) is 9.97 Å². The largest absolute Gasteiger partial charge is 0.494 e. The summed E-state index contributed by atoms with van der Waals surface area (Å²) in [5.74, 6) is 0.570. The molecule has 0 fully saturated rings. The van der Waals surface area contributed by atoms with Gasteiger partial charge in [-0.3, -0.25) is 4.98 Å². The minimum Gasteiger partial charge on any atom is -0.494 e. The van der Waals surface area contributed by atoms with Gasteiger partial charge in [-0.2, -0.15) is 0 Å². The molecule has 17 heavy (non-hydrogen) atoms. The Bertz CT molecular complexity index is 560. The predicted molar refractivity (Wildman–Crippen MR) is 69.1 cm³/mol. The molecule has 0 saturated heterocycles. The molecule has 0 amide bonds. The smallest absolute Gasteiger partial charge is 0.148 e. The summed E-state index contributed by atoms with van der Waals surface area (Å²) in [6.45, 7) is 0. The fourth-order valence-corrected chi connectivity index (χ4v) is 1.93. The molecule has 2 heterocycles. The fraction of sp³-hybridized carbons (Fsp3) is 0.0909. The van der Waals surface area contributed by atoms with Gasteiger partial charge in [0.1, 0.15) is 22.3 Å².